The second kappa shape index (κ2) is 9.52. The molecule has 2 aromatic rings. The topological polar surface area (TPSA) is 61.8 Å². The van der Waals surface area contributed by atoms with Crippen molar-refractivity contribution in [3.63, 3.8) is 0 Å². The van der Waals surface area contributed by atoms with Crippen LogP contribution in [0.15, 0.2) is 54.6 Å². The second-order valence-electron chi connectivity index (χ2n) is 5.33. The van der Waals surface area contributed by atoms with E-state index in [-0.39, 0.29) is 25.2 Å². The smallest absolute Gasteiger partial charge is 0.338 e. The largest absolute Gasteiger partial charge is 0.489 e. The van der Waals surface area contributed by atoms with Gasteiger partial charge in [0, 0.05) is 5.56 Å². The molecular weight excluding hydrogens is 339 g/mol. The van der Waals surface area contributed by atoms with Crippen molar-refractivity contribution >= 4 is 13.4 Å². The zero-order chi connectivity index (χ0) is 18.1. The zero-order valence-corrected chi connectivity index (χ0v) is 15.4. The van der Waals surface area contributed by atoms with E-state index in [0.717, 1.165) is 5.56 Å². The van der Waals surface area contributed by atoms with Gasteiger partial charge in [-0.3, -0.25) is 9.36 Å². The van der Waals surface area contributed by atoms with Gasteiger partial charge in [-0.1, -0.05) is 30.3 Å². The third-order valence-electron chi connectivity index (χ3n) is 3.41. The summed E-state index contributed by atoms with van der Waals surface area (Å²) in [4.78, 5) is 12.3. The fraction of sp³-hybridized carbons (Fsp3) is 0.316. The average molecular weight is 362 g/mol. The lowest BCUT2D eigenvalue weighted by Gasteiger charge is -2.16. The summed E-state index contributed by atoms with van der Waals surface area (Å²) in [5.41, 5.74) is 1.52. The molecule has 5 nitrogen and oxygen atoms in total. The van der Waals surface area contributed by atoms with Gasteiger partial charge < -0.3 is 13.8 Å². The van der Waals surface area contributed by atoms with Crippen LogP contribution in [0, 0.1) is 0 Å². The van der Waals surface area contributed by atoms with Crippen molar-refractivity contribution in [1.82, 2.24) is 0 Å². The summed E-state index contributed by atoms with van der Waals surface area (Å²) >= 11 is 0. The third-order valence-corrected chi connectivity index (χ3v) is 5.39. The predicted octanol–water partition coefficient (Wildman–Crippen LogP) is 4.71. The van der Waals surface area contributed by atoms with E-state index in [4.69, 9.17) is 13.8 Å². The number of carbonyl (C=O) groups is 1. The number of ketones is 1. The molecule has 0 N–H and O–H groups in total. The Hall–Kier alpha value is -1.94. The van der Waals surface area contributed by atoms with Gasteiger partial charge in [-0.05, 0) is 43.7 Å². The van der Waals surface area contributed by atoms with E-state index in [1.807, 2.05) is 30.3 Å². The minimum absolute atomic E-state index is 0.233. The van der Waals surface area contributed by atoms with Crippen molar-refractivity contribution in [2.24, 2.45) is 0 Å². The van der Waals surface area contributed by atoms with Crippen LogP contribution >= 0.6 is 7.60 Å². The highest BCUT2D eigenvalue weighted by molar-refractivity contribution is 7.54. The van der Waals surface area contributed by atoms with Crippen molar-refractivity contribution in [2.75, 3.05) is 19.4 Å². The summed E-state index contributed by atoms with van der Waals surface area (Å²) < 4.78 is 28.4. The van der Waals surface area contributed by atoms with Crippen LogP contribution in [-0.4, -0.2) is 25.2 Å². The quantitative estimate of drug-likeness (QED) is 0.452. The maximum Gasteiger partial charge on any atom is 0.338 e. The highest BCUT2D eigenvalue weighted by Crippen LogP contribution is 2.48. The highest BCUT2D eigenvalue weighted by atomic mass is 31.2. The van der Waals surface area contributed by atoms with E-state index in [1.165, 1.54) is 0 Å². The van der Waals surface area contributed by atoms with Gasteiger partial charge in [0.1, 0.15) is 18.5 Å². The molecule has 0 atom stereocenters. The molecule has 0 aliphatic rings. The predicted molar refractivity (Wildman–Crippen MR) is 97.3 cm³/mol. The molecule has 0 aliphatic carbocycles. The number of benzene rings is 2. The summed E-state index contributed by atoms with van der Waals surface area (Å²) in [6.07, 6.45) is -0.265. The molecule has 134 valence electrons. The molecule has 2 aromatic carbocycles. The van der Waals surface area contributed by atoms with Gasteiger partial charge in [-0.15, -0.1) is 0 Å². The summed E-state index contributed by atoms with van der Waals surface area (Å²) in [7, 11) is -3.39. The molecular formula is C19H23O5P. The summed E-state index contributed by atoms with van der Waals surface area (Å²) in [5, 5.41) is 0. The number of rotatable bonds is 10. The number of carbonyl (C=O) groups excluding carboxylic acids is 1. The normalized spacial score (nSPS) is 11.3. The standard InChI is InChI=1S/C19H23O5P/c1-3-23-25(21,24-4-2)15-19(20)17-10-12-18(13-11-17)22-14-16-8-6-5-7-9-16/h5-13H,3-4,14-15H2,1-2H3. The zero-order valence-electron chi connectivity index (χ0n) is 14.5. The number of ether oxygens (including phenoxy) is 1. The molecule has 0 bridgehead atoms. The molecule has 0 amide bonds. The van der Waals surface area contributed by atoms with E-state index in [2.05, 4.69) is 0 Å². The van der Waals surface area contributed by atoms with Crippen LogP contribution < -0.4 is 4.74 Å². The first-order valence-corrected chi connectivity index (χ1v) is 9.97. The highest BCUT2D eigenvalue weighted by Gasteiger charge is 2.28. The van der Waals surface area contributed by atoms with Gasteiger partial charge in [0.05, 0.1) is 13.2 Å². The van der Waals surface area contributed by atoms with Crippen molar-refractivity contribution in [2.45, 2.75) is 20.5 Å². The van der Waals surface area contributed by atoms with E-state index >= 15 is 0 Å². The molecule has 0 aliphatic heterocycles. The molecule has 6 heteroatoms. The van der Waals surface area contributed by atoms with E-state index in [1.54, 1.807) is 38.1 Å². The summed E-state index contributed by atoms with van der Waals surface area (Å²) in [6, 6.07) is 16.6. The van der Waals surface area contributed by atoms with Crippen molar-refractivity contribution < 1.29 is 23.1 Å². The number of hydrogen-bond acceptors (Lipinski definition) is 5. The molecule has 0 saturated carbocycles. The minimum atomic E-state index is -3.39. The molecule has 25 heavy (non-hydrogen) atoms. The van der Waals surface area contributed by atoms with Crippen LogP contribution in [0.2, 0.25) is 0 Å². The first-order valence-electron chi connectivity index (χ1n) is 8.24. The van der Waals surface area contributed by atoms with Crippen LogP contribution in [-0.2, 0) is 20.2 Å². The van der Waals surface area contributed by atoms with Crippen molar-refractivity contribution in [1.29, 1.82) is 0 Å². The molecule has 0 aromatic heterocycles. The van der Waals surface area contributed by atoms with Gasteiger partial charge in [-0.25, -0.2) is 0 Å². The summed E-state index contributed by atoms with van der Waals surface area (Å²) in [5.74, 6) is 0.387. The Morgan fingerprint density at radius 1 is 0.920 bits per heavy atom. The lowest BCUT2D eigenvalue weighted by Crippen LogP contribution is -2.10. The Morgan fingerprint density at radius 3 is 2.08 bits per heavy atom. The van der Waals surface area contributed by atoms with Crippen molar-refractivity contribution in [3.05, 3.63) is 65.7 Å². The molecule has 0 spiro atoms. The SMILES string of the molecule is CCOP(=O)(CC(=O)c1ccc(OCc2ccccc2)cc1)OCC. The van der Waals surface area contributed by atoms with Gasteiger partial charge in [-0.2, -0.15) is 0 Å². The van der Waals surface area contributed by atoms with Crippen LogP contribution in [0.1, 0.15) is 29.8 Å². The van der Waals surface area contributed by atoms with Gasteiger partial charge >= 0.3 is 7.60 Å². The Labute approximate surface area is 148 Å². The Kier molecular flexibility index (Phi) is 7.38. The average Bonchev–Trinajstić information content (AvgIpc) is 2.61. The first kappa shape index (κ1) is 19.4. The lowest BCUT2D eigenvalue weighted by atomic mass is 10.1. The molecule has 0 heterocycles. The summed E-state index contributed by atoms with van der Waals surface area (Å²) in [6.45, 7) is 4.36. The maximum atomic E-state index is 12.4. The van der Waals surface area contributed by atoms with Gasteiger partial charge in [0.25, 0.3) is 0 Å². The molecule has 0 unspecified atom stereocenters. The van der Waals surface area contributed by atoms with Crippen LogP contribution in [0.5, 0.6) is 5.75 Å². The number of Topliss-reactive ketones (excluding diaryl/α,β-unsaturated/α-hetero) is 1. The first-order chi connectivity index (χ1) is 12.1. The molecule has 0 saturated heterocycles. The molecule has 2 rings (SSSR count). The fourth-order valence-corrected chi connectivity index (χ4v) is 3.85. The van der Waals surface area contributed by atoms with Crippen LogP contribution in [0.25, 0.3) is 0 Å². The number of hydrogen-bond donors (Lipinski definition) is 0. The maximum absolute atomic E-state index is 12.4. The fourth-order valence-electron chi connectivity index (χ4n) is 2.27. The van der Waals surface area contributed by atoms with Crippen LogP contribution in [0.4, 0.5) is 0 Å². The van der Waals surface area contributed by atoms with Gasteiger partial charge in [0.15, 0.2) is 5.78 Å². The Balaban J connectivity index is 1.96. The third kappa shape index (κ3) is 6.13. The minimum Gasteiger partial charge on any atom is -0.489 e. The van der Waals surface area contributed by atoms with E-state index in [0.29, 0.717) is 17.9 Å². The second-order valence-corrected chi connectivity index (χ2v) is 7.38. The van der Waals surface area contributed by atoms with E-state index < -0.39 is 7.60 Å². The Bertz CT molecular complexity index is 702. The molecule has 0 fully saturated rings. The van der Waals surface area contributed by atoms with E-state index in [9.17, 15) is 9.36 Å². The Morgan fingerprint density at radius 2 is 1.52 bits per heavy atom. The molecule has 0 radical (unpaired) electrons. The van der Waals surface area contributed by atoms with Crippen molar-refractivity contribution in [3.8, 4) is 5.75 Å². The lowest BCUT2D eigenvalue weighted by molar-refractivity contribution is 0.100. The monoisotopic (exact) mass is 362 g/mol. The van der Waals surface area contributed by atoms with Crippen LogP contribution in [0.3, 0.4) is 0 Å². The van der Waals surface area contributed by atoms with Gasteiger partial charge in [0.2, 0.25) is 0 Å².